The van der Waals surface area contributed by atoms with Crippen molar-refractivity contribution >= 4 is 17.5 Å². The minimum absolute atomic E-state index is 0.00714. The highest BCUT2D eigenvalue weighted by atomic mass is 16.5. The van der Waals surface area contributed by atoms with Gasteiger partial charge < -0.3 is 10.1 Å². The average Bonchev–Trinajstić information content (AvgIpc) is 2.58. The van der Waals surface area contributed by atoms with Crippen LogP contribution in [0, 0.1) is 6.92 Å². The number of hydrazine groups is 1. The van der Waals surface area contributed by atoms with Crippen molar-refractivity contribution in [3.05, 3.63) is 53.9 Å². The summed E-state index contributed by atoms with van der Waals surface area (Å²) in [4.78, 5) is 27.6. The third-order valence-electron chi connectivity index (χ3n) is 3.04. The van der Waals surface area contributed by atoms with Gasteiger partial charge in [0.25, 0.3) is 11.8 Å². The Balaban J connectivity index is 1.81. The van der Waals surface area contributed by atoms with Crippen molar-refractivity contribution in [3.8, 4) is 5.75 Å². The van der Waals surface area contributed by atoms with Gasteiger partial charge in [-0.15, -0.1) is 0 Å². The van der Waals surface area contributed by atoms with E-state index >= 15 is 0 Å². The molecular weight excluding hydrogens is 296 g/mol. The second-order valence-corrected chi connectivity index (χ2v) is 4.74. The summed E-state index contributed by atoms with van der Waals surface area (Å²) >= 11 is 0. The highest BCUT2D eigenvalue weighted by molar-refractivity contribution is 5.95. The zero-order chi connectivity index (χ0) is 16.7. The Hall–Kier alpha value is -3.09. The van der Waals surface area contributed by atoms with Crippen molar-refractivity contribution in [2.45, 2.75) is 6.92 Å². The Bertz CT molecular complexity index is 686. The molecule has 0 aliphatic rings. The number of amides is 2. The van der Waals surface area contributed by atoms with Crippen LogP contribution in [-0.2, 0) is 4.79 Å². The number of para-hydroxylation sites is 2. The van der Waals surface area contributed by atoms with Crippen molar-refractivity contribution in [3.63, 3.8) is 0 Å². The van der Waals surface area contributed by atoms with E-state index < -0.39 is 5.91 Å². The van der Waals surface area contributed by atoms with Crippen LogP contribution in [0.2, 0.25) is 0 Å². The van der Waals surface area contributed by atoms with Crippen molar-refractivity contribution in [1.82, 2.24) is 15.8 Å². The van der Waals surface area contributed by atoms with E-state index in [0.29, 0.717) is 17.0 Å². The first-order valence-electron chi connectivity index (χ1n) is 6.99. The summed E-state index contributed by atoms with van der Waals surface area (Å²) in [5, 5.41) is 2.93. The largest absolute Gasteiger partial charge is 0.495 e. The number of hydrogen-bond donors (Lipinski definition) is 3. The number of pyridine rings is 1. The van der Waals surface area contributed by atoms with Crippen LogP contribution in [0.1, 0.15) is 16.1 Å². The number of aromatic nitrogens is 1. The van der Waals surface area contributed by atoms with Gasteiger partial charge in [-0.05, 0) is 31.2 Å². The van der Waals surface area contributed by atoms with E-state index in [1.807, 2.05) is 19.1 Å². The number of anilines is 1. The zero-order valence-corrected chi connectivity index (χ0v) is 12.9. The Kier molecular flexibility index (Phi) is 5.51. The smallest absolute Gasteiger partial charge is 0.271 e. The summed E-state index contributed by atoms with van der Waals surface area (Å²) in [5.41, 5.74) is 6.54. The van der Waals surface area contributed by atoms with E-state index in [4.69, 9.17) is 4.74 Å². The third-order valence-corrected chi connectivity index (χ3v) is 3.04. The van der Waals surface area contributed by atoms with Gasteiger partial charge >= 0.3 is 0 Å². The molecule has 0 fully saturated rings. The Labute approximate surface area is 134 Å². The first-order chi connectivity index (χ1) is 11.1. The van der Waals surface area contributed by atoms with Gasteiger partial charge in [0, 0.05) is 11.9 Å². The van der Waals surface area contributed by atoms with Gasteiger partial charge in [0.1, 0.15) is 5.75 Å². The highest BCUT2D eigenvalue weighted by Gasteiger charge is 2.08. The molecule has 0 atom stereocenters. The second-order valence-electron chi connectivity index (χ2n) is 4.74. The molecule has 0 aliphatic heterocycles. The number of carbonyl (C=O) groups excluding carboxylic acids is 2. The van der Waals surface area contributed by atoms with E-state index in [1.54, 1.807) is 31.4 Å². The third kappa shape index (κ3) is 4.70. The molecule has 0 saturated carbocycles. The van der Waals surface area contributed by atoms with Gasteiger partial charge in [0.15, 0.2) is 0 Å². The first-order valence-corrected chi connectivity index (χ1v) is 6.99. The average molecular weight is 314 g/mol. The van der Waals surface area contributed by atoms with Crippen LogP contribution in [0.15, 0.2) is 42.6 Å². The Morgan fingerprint density at radius 2 is 1.91 bits per heavy atom. The van der Waals surface area contributed by atoms with Gasteiger partial charge in [-0.3, -0.25) is 25.4 Å². The maximum Gasteiger partial charge on any atom is 0.271 e. The normalized spacial score (nSPS) is 9.83. The fourth-order valence-electron chi connectivity index (χ4n) is 1.81. The lowest BCUT2D eigenvalue weighted by Gasteiger charge is -2.11. The topological polar surface area (TPSA) is 92.4 Å². The lowest BCUT2D eigenvalue weighted by atomic mass is 10.2. The van der Waals surface area contributed by atoms with Gasteiger partial charge in [0.2, 0.25) is 0 Å². The van der Waals surface area contributed by atoms with E-state index in [-0.39, 0.29) is 12.5 Å². The lowest BCUT2D eigenvalue weighted by molar-refractivity contribution is -0.120. The van der Waals surface area contributed by atoms with Crippen LogP contribution in [0.3, 0.4) is 0 Å². The SMILES string of the molecule is COc1ccccc1NCC(=O)NNC(=O)c1ccc(C)nc1. The lowest BCUT2D eigenvalue weighted by Crippen LogP contribution is -2.44. The standard InChI is InChI=1S/C16H18N4O3/c1-11-7-8-12(9-17-11)16(22)20-19-15(21)10-18-13-5-3-4-6-14(13)23-2/h3-9,18H,10H2,1-2H3,(H,19,21)(H,20,22). The number of nitrogens with one attached hydrogen (secondary N) is 3. The number of ether oxygens (including phenoxy) is 1. The Morgan fingerprint density at radius 3 is 2.61 bits per heavy atom. The van der Waals surface area contributed by atoms with Crippen LogP contribution < -0.4 is 20.9 Å². The predicted octanol–water partition coefficient (Wildman–Crippen LogP) is 1.27. The molecule has 0 aliphatic carbocycles. The van der Waals surface area contributed by atoms with Crippen LogP contribution in [-0.4, -0.2) is 30.5 Å². The minimum atomic E-state index is -0.428. The molecule has 2 aromatic rings. The van der Waals surface area contributed by atoms with Gasteiger partial charge in [0.05, 0.1) is 24.9 Å². The number of aryl methyl sites for hydroxylation is 1. The number of benzene rings is 1. The van der Waals surface area contributed by atoms with E-state index in [0.717, 1.165) is 5.69 Å². The molecule has 2 amide bonds. The number of carbonyl (C=O) groups is 2. The monoisotopic (exact) mass is 314 g/mol. The summed E-state index contributed by atoms with van der Waals surface area (Å²) in [6.45, 7) is 1.82. The fourth-order valence-corrected chi connectivity index (χ4v) is 1.81. The summed E-state index contributed by atoms with van der Waals surface area (Å²) in [6, 6.07) is 10.6. The molecule has 3 N–H and O–H groups in total. The van der Waals surface area contributed by atoms with Crippen LogP contribution in [0.5, 0.6) is 5.75 Å². The molecule has 0 spiro atoms. The van der Waals surface area contributed by atoms with Crippen molar-refractivity contribution < 1.29 is 14.3 Å². The molecule has 120 valence electrons. The summed E-state index contributed by atoms with van der Waals surface area (Å²) in [5.74, 6) is -0.178. The van der Waals surface area contributed by atoms with Gasteiger partial charge in [-0.1, -0.05) is 12.1 Å². The molecule has 1 heterocycles. The number of hydrogen-bond acceptors (Lipinski definition) is 5. The Morgan fingerprint density at radius 1 is 1.13 bits per heavy atom. The quantitative estimate of drug-likeness (QED) is 0.723. The molecule has 0 unspecified atom stereocenters. The van der Waals surface area contributed by atoms with Gasteiger partial charge in [-0.2, -0.15) is 0 Å². The van der Waals surface area contributed by atoms with Crippen LogP contribution in [0.25, 0.3) is 0 Å². The molecule has 0 saturated heterocycles. The summed E-state index contributed by atoms with van der Waals surface area (Å²) in [7, 11) is 1.55. The van der Waals surface area contributed by atoms with E-state index in [2.05, 4.69) is 21.2 Å². The van der Waals surface area contributed by atoms with Crippen molar-refractivity contribution in [2.75, 3.05) is 19.0 Å². The highest BCUT2D eigenvalue weighted by Crippen LogP contribution is 2.22. The maximum absolute atomic E-state index is 11.8. The second kappa shape index (κ2) is 7.79. The predicted molar refractivity (Wildman–Crippen MR) is 86.1 cm³/mol. The summed E-state index contributed by atoms with van der Waals surface area (Å²) in [6.07, 6.45) is 1.45. The molecule has 7 nitrogen and oxygen atoms in total. The maximum atomic E-state index is 11.8. The fraction of sp³-hybridized carbons (Fsp3) is 0.188. The van der Waals surface area contributed by atoms with Crippen LogP contribution >= 0.6 is 0 Å². The molecule has 1 aromatic carbocycles. The molecule has 1 aromatic heterocycles. The van der Waals surface area contributed by atoms with Crippen molar-refractivity contribution in [1.29, 1.82) is 0 Å². The molecule has 0 radical (unpaired) electrons. The number of methoxy groups -OCH3 is 1. The molecule has 0 bridgehead atoms. The molecule has 7 heteroatoms. The first kappa shape index (κ1) is 16.3. The van der Waals surface area contributed by atoms with Crippen molar-refractivity contribution in [2.24, 2.45) is 0 Å². The molecule has 2 rings (SSSR count). The molecule has 23 heavy (non-hydrogen) atoms. The number of rotatable bonds is 5. The zero-order valence-electron chi connectivity index (χ0n) is 12.9. The van der Waals surface area contributed by atoms with E-state index in [1.165, 1.54) is 6.20 Å². The number of nitrogens with zero attached hydrogens (tertiary/aromatic N) is 1. The van der Waals surface area contributed by atoms with E-state index in [9.17, 15) is 9.59 Å². The minimum Gasteiger partial charge on any atom is -0.495 e. The van der Waals surface area contributed by atoms with Gasteiger partial charge in [-0.25, -0.2) is 0 Å². The van der Waals surface area contributed by atoms with Crippen LogP contribution in [0.4, 0.5) is 5.69 Å². The summed E-state index contributed by atoms with van der Waals surface area (Å²) < 4.78 is 5.17. The molecular formula is C16H18N4O3.